The average Bonchev–Trinajstić information content (AvgIpc) is 2.41. The third kappa shape index (κ3) is 5.38. The van der Waals surface area contributed by atoms with Gasteiger partial charge in [-0.25, -0.2) is 0 Å². The highest BCUT2D eigenvalue weighted by atomic mass is 16.5. The summed E-state index contributed by atoms with van der Waals surface area (Å²) < 4.78 is 10.5. The SMILES string of the molecule is COC(=O)C(COc1ccc(C(C)C)c(C)c1)NC(C)C. The Morgan fingerprint density at radius 2 is 1.90 bits per heavy atom. The summed E-state index contributed by atoms with van der Waals surface area (Å²) in [5.41, 5.74) is 2.51. The van der Waals surface area contributed by atoms with E-state index in [1.54, 1.807) is 0 Å². The number of aryl methyl sites for hydroxylation is 1. The van der Waals surface area contributed by atoms with E-state index in [-0.39, 0.29) is 18.6 Å². The highest BCUT2D eigenvalue weighted by Gasteiger charge is 2.20. The minimum atomic E-state index is -0.458. The summed E-state index contributed by atoms with van der Waals surface area (Å²) in [6, 6.07) is 5.77. The molecule has 0 aliphatic heterocycles. The summed E-state index contributed by atoms with van der Waals surface area (Å²) in [4.78, 5) is 11.7. The largest absolute Gasteiger partial charge is 0.491 e. The van der Waals surface area contributed by atoms with Crippen LogP contribution in [0.25, 0.3) is 0 Å². The van der Waals surface area contributed by atoms with Gasteiger partial charge in [-0.05, 0) is 36.1 Å². The molecule has 0 spiro atoms. The number of carbonyl (C=O) groups excluding carboxylic acids is 1. The van der Waals surface area contributed by atoms with Gasteiger partial charge in [0, 0.05) is 6.04 Å². The minimum Gasteiger partial charge on any atom is -0.491 e. The van der Waals surface area contributed by atoms with Crippen molar-refractivity contribution in [3.63, 3.8) is 0 Å². The normalized spacial score (nSPS) is 12.6. The first-order chi connectivity index (χ1) is 9.85. The summed E-state index contributed by atoms with van der Waals surface area (Å²) in [6.07, 6.45) is 0. The molecule has 0 fully saturated rings. The topological polar surface area (TPSA) is 47.6 Å². The third-order valence-corrected chi connectivity index (χ3v) is 3.30. The van der Waals surface area contributed by atoms with E-state index in [1.807, 2.05) is 26.0 Å². The van der Waals surface area contributed by atoms with Gasteiger partial charge in [0.15, 0.2) is 0 Å². The predicted octanol–water partition coefficient (Wildman–Crippen LogP) is 3.04. The van der Waals surface area contributed by atoms with Crippen LogP contribution in [0.4, 0.5) is 0 Å². The summed E-state index contributed by atoms with van der Waals surface area (Å²) >= 11 is 0. The zero-order valence-corrected chi connectivity index (χ0v) is 13.9. The van der Waals surface area contributed by atoms with Gasteiger partial charge in [0.1, 0.15) is 18.4 Å². The Kier molecular flexibility index (Phi) is 6.69. The van der Waals surface area contributed by atoms with Gasteiger partial charge in [0.2, 0.25) is 0 Å². The number of nitrogens with one attached hydrogen (secondary N) is 1. The molecule has 1 N–H and O–H groups in total. The monoisotopic (exact) mass is 293 g/mol. The summed E-state index contributed by atoms with van der Waals surface area (Å²) in [7, 11) is 1.39. The van der Waals surface area contributed by atoms with Crippen molar-refractivity contribution >= 4 is 5.97 Å². The molecule has 4 heteroatoms. The van der Waals surface area contributed by atoms with Crippen molar-refractivity contribution in [2.45, 2.75) is 52.6 Å². The molecule has 0 aliphatic rings. The Balaban J connectivity index is 2.71. The molecule has 0 aromatic heterocycles. The molecule has 0 bridgehead atoms. The van der Waals surface area contributed by atoms with Crippen molar-refractivity contribution in [2.75, 3.05) is 13.7 Å². The predicted molar refractivity (Wildman–Crippen MR) is 84.8 cm³/mol. The maximum absolute atomic E-state index is 11.7. The highest BCUT2D eigenvalue weighted by molar-refractivity contribution is 5.75. The fraction of sp³-hybridized carbons (Fsp3) is 0.588. The van der Waals surface area contributed by atoms with Crippen LogP contribution < -0.4 is 10.1 Å². The van der Waals surface area contributed by atoms with Gasteiger partial charge in [0.05, 0.1) is 7.11 Å². The second-order valence-electron chi connectivity index (χ2n) is 5.88. The van der Waals surface area contributed by atoms with Crippen LogP contribution in [0.1, 0.15) is 44.7 Å². The standard InChI is InChI=1S/C17H27NO3/c1-11(2)15-8-7-14(9-13(15)5)21-10-16(17(19)20-6)18-12(3)4/h7-9,11-12,16,18H,10H2,1-6H3. The van der Waals surface area contributed by atoms with Crippen LogP contribution in [0, 0.1) is 6.92 Å². The van der Waals surface area contributed by atoms with Crippen molar-refractivity contribution in [3.05, 3.63) is 29.3 Å². The van der Waals surface area contributed by atoms with Crippen LogP contribution in [-0.2, 0) is 9.53 Å². The molecular weight excluding hydrogens is 266 g/mol. The molecule has 1 aromatic carbocycles. The molecule has 0 amide bonds. The number of esters is 1. The summed E-state index contributed by atoms with van der Waals surface area (Å²) in [6.45, 7) is 10.6. The van der Waals surface area contributed by atoms with Crippen molar-refractivity contribution < 1.29 is 14.3 Å². The number of ether oxygens (including phenoxy) is 2. The first kappa shape index (κ1) is 17.5. The number of methoxy groups -OCH3 is 1. The lowest BCUT2D eigenvalue weighted by Gasteiger charge is -2.20. The molecule has 0 heterocycles. The Hall–Kier alpha value is -1.55. The minimum absolute atomic E-state index is 0.183. The van der Waals surface area contributed by atoms with Crippen LogP contribution in [0.2, 0.25) is 0 Å². The fourth-order valence-corrected chi connectivity index (χ4v) is 2.29. The molecule has 0 aliphatic carbocycles. The van der Waals surface area contributed by atoms with E-state index in [2.05, 4.69) is 32.2 Å². The summed E-state index contributed by atoms with van der Waals surface area (Å²) in [5, 5.41) is 3.15. The zero-order valence-electron chi connectivity index (χ0n) is 13.9. The van der Waals surface area contributed by atoms with Gasteiger partial charge in [-0.2, -0.15) is 0 Å². The maximum Gasteiger partial charge on any atom is 0.326 e. The fourth-order valence-electron chi connectivity index (χ4n) is 2.29. The van der Waals surface area contributed by atoms with Crippen LogP contribution in [0.3, 0.4) is 0 Å². The maximum atomic E-state index is 11.7. The smallest absolute Gasteiger partial charge is 0.326 e. The Morgan fingerprint density at radius 1 is 1.24 bits per heavy atom. The number of benzene rings is 1. The lowest BCUT2D eigenvalue weighted by molar-refractivity contribution is -0.144. The van der Waals surface area contributed by atoms with Crippen LogP contribution in [0.15, 0.2) is 18.2 Å². The first-order valence-electron chi connectivity index (χ1n) is 7.42. The highest BCUT2D eigenvalue weighted by Crippen LogP contribution is 2.23. The van der Waals surface area contributed by atoms with E-state index in [0.717, 1.165) is 5.75 Å². The molecular formula is C17H27NO3. The number of carbonyl (C=O) groups is 1. The van der Waals surface area contributed by atoms with Gasteiger partial charge in [-0.1, -0.05) is 33.8 Å². The number of hydrogen-bond donors (Lipinski definition) is 1. The van der Waals surface area contributed by atoms with E-state index in [0.29, 0.717) is 5.92 Å². The van der Waals surface area contributed by atoms with Crippen molar-refractivity contribution in [1.29, 1.82) is 0 Å². The van der Waals surface area contributed by atoms with E-state index in [4.69, 9.17) is 9.47 Å². The zero-order chi connectivity index (χ0) is 16.0. The van der Waals surface area contributed by atoms with Crippen molar-refractivity contribution in [1.82, 2.24) is 5.32 Å². The molecule has 0 saturated carbocycles. The molecule has 21 heavy (non-hydrogen) atoms. The molecule has 4 nitrogen and oxygen atoms in total. The lowest BCUT2D eigenvalue weighted by Crippen LogP contribution is -2.45. The van der Waals surface area contributed by atoms with Gasteiger partial charge >= 0.3 is 5.97 Å². The van der Waals surface area contributed by atoms with E-state index in [1.165, 1.54) is 18.2 Å². The molecule has 1 unspecified atom stereocenters. The van der Waals surface area contributed by atoms with Crippen LogP contribution in [0.5, 0.6) is 5.75 Å². The van der Waals surface area contributed by atoms with E-state index >= 15 is 0 Å². The summed E-state index contributed by atoms with van der Waals surface area (Å²) in [5.74, 6) is 0.958. The average molecular weight is 293 g/mol. The van der Waals surface area contributed by atoms with Gasteiger partial charge in [-0.15, -0.1) is 0 Å². The molecule has 118 valence electrons. The van der Waals surface area contributed by atoms with Crippen molar-refractivity contribution in [2.24, 2.45) is 0 Å². The first-order valence-corrected chi connectivity index (χ1v) is 7.42. The number of rotatable bonds is 7. The second kappa shape index (κ2) is 8.03. The Morgan fingerprint density at radius 3 is 2.38 bits per heavy atom. The van der Waals surface area contributed by atoms with E-state index < -0.39 is 6.04 Å². The molecule has 1 rings (SSSR count). The molecule has 0 saturated heterocycles. The second-order valence-corrected chi connectivity index (χ2v) is 5.88. The van der Waals surface area contributed by atoms with Crippen molar-refractivity contribution in [3.8, 4) is 5.75 Å². The van der Waals surface area contributed by atoms with Gasteiger partial charge in [0.25, 0.3) is 0 Å². The Labute approximate surface area is 127 Å². The quantitative estimate of drug-likeness (QED) is 0.785. The third-order valence-electron chi connectivity index (χ3n) is 3.30. The Bertz CT molecular complexity index is 469. The molecule has 1 aromatic rings. The van der Waals surface area contributed by atoms with Crippen LogP contribution in [-0.4, -0.2) is 31.8 Å². The van der Waals surface area contributed by atoms with Gasteiger partial charge in [-0.3, -0.25) is 10.1 Å². The number of hydrogen-bond acceptors (Lipinski definition) is 4. The lowest BCUT2D eigenvalue weighted by atomic mass is 9.98. The molecule has 1 atom stereocenters. The molecule has 0 radical (unpaired) electrons. The van der Waals surface area contributed by atoms with Gasteiger partial charge < -0.3 is 9.47 Å². The van der Waals surface area contributed by atoms with E-state index in [9.17, 15) is 4.79 Å². The van der Waals surface area contributed by atoms with Crippen LogP contribution >= 0.6 is 0 Å².